The van der Waals surface area contributed by atoms with Gasteiger partial charge in [0, 0.05) is 6.61 Å². The highest BCUT2D eigenvalue weighted by Gasteiger charge is 2.51. The van der Waals surface area contributed by atoms with Crippen molar-refractivity contribution in [1.82, 2.24) is 0 Å². The Hall–Kier alpha value is -0.0400. The lowest BCUT2D eigenvalue weighted by atomic mass is 9.99. The van der Waals surface area contributed by atoms with Gasteiger partial charge < -0.3 is 5.11 Å². The Labute approximate surface area is 62.4 Å². The topological polar surface area (TPSA) is 20.2 Å². The summed E-state index contributed by atoms with van der Waals surface area (Å²) in [7, 11) is 0. The van der Waals surface area contributed by atoms with Crippen LogP contribution in [0.5, 0.6) is 0 Å². The average Bonchev–Trinajstić information content (AvgIpc) is 2.73. The summed E-state index contributed by atoms with van der Waals surface area (Å²) < 4.78 is 0. The summed E-state index contributed by atoms with van der Waals surface area (Å²) in [5, 5.41) is 8.87. The highest BCUT2D eigenvalue weighted by atomic mass is 16.3. The van der Waals surface area contributed by atoms with Gasteiger partial charge in [0.05, 0.1) is 0 Å². The van der Waals surface area contributed by atoms with E-state index in [-0.39, 0.29) is 0 Å². The number of hydrogen-bond acceptors (Lipinski definition) is 1. The summed E-state index contributed by atoms with van der Waals surface area (Å²) in [5.41, 5.74) is 0.552. The highest BCUT2D eigenvalue weighted by molar-refractivity contribution is 5.01. The van der Waals surface area contributed by atoms with E-state index in [1.54, 1.807) is 0 Å². The molecule has 2 aliphatic rings. The van der Waals surface area contributed by atoms with Crippen molar-refractivity contribution >= 4 is 0 Å². The Morgan fingerprint density at radius 3 is 2.60 bits per heavy atom. The summed E-state index contributed by atoms with van der Waals surface area (Å²) >= 11 is 0. The molecule has 2 unspecified atom stereocenters. The fraction of sp³-hybridized carbons (Fsp3) is 1.00. The lowest BCUT2D eigenvalue weighted by Crippen LogP contribution is -2.01. The molecule has 10 heavy (non-hydrogen) atoms. The summed E-state index contributed by atoms with van der Waals surface area (Å²) in [5.74, 6) is 1.68. The Morgan fingerprint density at radius 2 is 2.20 bits per heavy atom. The predicted octanol–water partition coefficient (Wildman–Crippen LogP) is 1.81. The van der Waals surface area contributed by atoms with Crippen LogP contribution in [-0.4, -0.2) is 11.7 Å². The molecule has 0 bridgehead atoms. The minimum atomic E-state index is 0.420. The van der Waals surface area contributed by atoms with Crippen molar-refractivity contribution in [2.45, 2.75) is 32.6 Å². The first kappa shape index (κ1) is 6.66. The Kier molecular flexibility index (Phi) is 1.31. The van der Waals surface area contributed by atoms with E-state index in [0.29, 0.717) is 17.9 Å². The van der Waals surface area contributed by atoms with E-state index < -0.39 is 0 Å². The normalized spacial score (nSPS) is 45.6. The third kappa shape index (κ3) is 1.07. The van der Waals surface area contributed by atoms with Crippen LogP contribution < -0.4 is 0 Å². The van der Waals surface area contributed by atoms with Crippen LogP contribution in [-0.2, 0) is 0 Å². The van der Waals surface area contributed by atoms with E-state index in [1.807, 2.05) is 0 Å². The van der Waals surface area contributed by atoms with Gasteiger partial charge in [0.1, 0.15) is 0 Å². The maximum Gasteiger partial charge on any atom is 0.0464 e. The molecule has 0 amide bonds. The van der Waals surface area contributed by atoms with Crippen LogP contribution in [0.2, 0.25) is 0 Å². The van der Waals surface area contributed by atoms with Gasteiger partial charge in [-0.1, -0.05) is 19.8 Å². The standard InChI is InChI=1S/C9H16O/c1-9(4-7-2-3-7)5-8(9)6-10/h7-8,10H,2-6H2,1H3. The lowest BCUT2D eigenvalue weighted by molar-refractivity contribution is 0.247. The zero-order valence-corrected chi connectivity index (χ0v) is 6.64. The van der Waals surface area contributed by atoms with Gasteiger partial charge in [0.2, 0.25) is 0 Å². The van der Waals surface area contributed by atoms with Crippen LogP contribution in [0.1, 0.15) is 32.6 Å². The number of aliphatic hydroxyl groups is 1. The fourth-order valence-corrected chi connectivity index (χ4v) is 2.02. The molecular weight excluding hydrogens is 124 g/mol. The van der Waals surface area contributed by atoms with Crippen molar-refractivity contribution in [1.29, 1.82) is 0 Å². The minimum Gasteiger partial charge on any atom is -0.396 e. The third-order valence-corrected chi connectivity index (χ3v) is 3.21. The van der Waals surface area contributed by atoms with Crippen LogP contribution in [0, 0.1) is 17.3 Å². The molecule has 0 spiro atoms. The van der Waals surface area contributed by atoms with E-state index in [9.17, 15) is 0 Å². The highest BCUT2D eigenvalue weighted by Crippen LogP contribution is 2.58. The molecule has 0 saturated heterocycles. The molecule has 0 radical (unpaired) electrons. The van der Waals surface area contributed by atoms with E-state index >= 15 is 0 Å². The van der Waals surface area contributed by atoms with E-state index in [0.717, 1.165) is 5.92 Å². The molecule has 0 aliphatic heterocycles. The zero-order valence-electron chi connectivity index (χ0n) is 6.64. The number of hydrogen-bond donors (Lipinski definition) is 1. The first-order valence-corrected chi connectivity index (χ1v) is 4.35. The average molecular weight is 140 g/mol. The molecule has 2 rings (SSSR count). The smallest absolute Gasteiger partial charge is 0.0464 e. The number of aliphatic hydroxyl groups excluding tert-OH is 1. The molecule has 1 nitrogen and oxygen atoms in total. The Bertz CT molecular complexity index is 140. The van der Waals surface area contributed by atoms with Gasteiger partial charge in [-0.05, 0) is 30.1 Å². The molecule has 58 valence electrons. The van der Waals surface area contributed by atoms with Gasteiger partial charge in [0.15, 0.2) is 0 Å². The van der Waals surface area contributed by atoms with Crippen molar-refractivity contribution in [3.8, 4) is 0 Å². The first-order valence-electron chi connectivity index (χ1n) is 4.35. The van der Waals surface area contributed by atoms with E-state index in [4.69, 9.17) is 5.11 Å². The Morgan fingerprint density at radius 1 is 1.50 bits per heavy atom. The largest absolute Gasteiger partial charge is 0.396 e. The van der Waals surface area contributed by atoms with Gasteiger partial charge in [-0.3, -0.25) is 0 Å². The van der Waals surface area contributed by atoms with Crippen molar-refractivity contribution in [2.24, 2.45) is 17.3 Å². The first-order chi connectivity index (χ1) is 4.74. The molecule has 2 saturated carbocycles. The molecule has 0 heterocycles. The van der Waals surface area contributed by atoms with Gasteiger partial charge in [-0.2, -0.15) is 0 Å². The molecule has 2 fully saturated rings. The van der Waals surface area contributed by atoms with Crippen LogP contribution in [0.15, 0.2) is 0 Å². The summed E-state index contributed by atoms with van der Waals surface area (Å²) in [4.78, 5) is 0. The van der Waals surface area contributed by atoms with Gasteiger partial charge >= 0.3 is 0 Å². The van der Waals surface area contributed by atoms with Crippen LogP contribution in [0.3, 0.4) is 0 Å². The van der Waals surface area contributed by atoms with Gasteiger partial charge in [-0.25, -0.2) is 0 Å². The summed E-state index contributed by atoms with van der Waals surface area (Å²) in [6.07, 6.45) is 5.57. The SMILES string of the molecule is CC1(CC2CC2)CC1CO. The predicted molar refractivity (Wildman–Crippen MR) is 40.6 cm³/mol. The lowest BCUT2D eigenvalue weighted by Gasteiger charge is -2.07. The van der Waals surface area contributed by atoms with Crippen LogP contribution in [0.25, 0.3) is 0 Å². The van der Waals surface area contributed by atoms with Crippen molar-refractivity contribution in [3.05, 3.63) is 0 Å². The van der Waals surface area contributed by atoms with Crippen molar-refractivity contribution in [3.63, 3.8) is 0 Å². The second-order valence-corrected chi connectivity index (χ2v) is 4.39. The molecule has 2 aliphatic carbocycles. The molecular formula is C9H16O. The van der Waals surface area contributed by atoms with Gasteiger partial charge in [-0.15, -0.1) is 0 Å². The number of rotatable bonds is 3. The summed E-state index contributed by atoms with van der Waals surface area (Å²) in [6, 6.07) is 0. The minimum absolute atomic E-state index is 0.420. The van der Waals surface area contributed by atoms with E-state index in [1.165, 1.54) is 25.7 Å². The van der Waals surface area contributed by atoms with Crippen molar-refractivity contribution in [2.75, 3.05) is 6.61 Å². The van der Waals surface area contributed by atoms with Crippen molar-refractivity contribution < 1.29 is 5.11 Å². The van der Waals surface area contributed by atoms with E-state index in [2.05, 4.69) is 6.92 Å². The second kappa shape index (κ2) is 1.97. The van der Waals surface area contributed by atoms with Crippen LogP contribution in [0.4, 0.5) is 0 Å². The quantitative estimate of drug-likeness (QED) is 0.633. The second-order valence-electron chi connectivity index (χ2n) is 4.39. The fourth-order valence-electron chi connectivity index (χ4n) is 2.02. The zero-order chi connectivity index (χ0) is 7.19. The molecule has 0 aromatic heterocycles. The maximum absolute atomic E-state index is 8.87. The van der Waals surface area contributed by atoms with Crippen LogP contribution >= 0.6 is 0 Å². The molecule has 1 heteroatoms. The Balaban J connectivity index is 1.81. The molecule has 2 atom stereocenters. The van der Waals surface area contributed by atoms with Gasteiger partial charge in [0.25, 0.3) is 0 Å². The molecule has 1 N–H and O–H groups in total. The summed E-state index contributed by atoms with van der Waals surface area (Å²) in [6.45, 7) is 2.75. The third-order valence-electron chi connectivity index (χ3n) is 3.21. The maximum atomic E-state index is 8.87. The molecule has 0 aromatic carbocycles. The monoisotopic (exact) mass is 140 g/mol. The molecule has 0 aromatic rings.